The maximum absolute atomic E-state index is 12.8. The summed E-state index contributed by atoms with van der Waals surface area (Å²) in [5.74, 6) is -0.854. The lowest BCUT2D eigenvalue weighted by molar-refractivity contribution is -0.127. The first-order valence-corrected chi connectivity index (χ1v) is 10.9. The molecule has 2 heterocycles. The Labute approximate surface area is 184 Å². The topological polar surface area (TPSA) is 71.4 Å². The number of hydrogen-bond acceptors (Lipinski definition) is 4. The van der Waals surface area contributed by atoms with Crippen molar-refractivity contribution in [3.8, 4) is 0 Å². The van der Waals surface area contributed by atoms with Crippen LogP contribution in [0.3, 0.4) is 0 Å². The lowest BCUT2D eigenvalue weighted by Crippen LogP contribution is -2.36. The van der Waals surface area contributed by atoms with E-state index in [0.717, 1.165) is 50.8 Å². The summed E-state index contributed by atoms with van der Waals surface area (Å²) in [6, 6.07) is 13.5. The van der Waals surface area contributed by atoms with Crippen molar-refractivity contribution in [2.45, 2.75) is 27.3 Å². The number of para-hydroxylation sites is 1. The number of nitrogens with one attached hydrogen (secondary N) is 1. The number of thioether (sulfide) groups is 1. The van der Waals surface area contributed by atoms with Crippen molar-refractivity contribution in [1.82, 2.24) is 9.47 Å². The second-order valence-electron chi connectivity index (χ2n) is 7.50. The predicted octanol–water partition coefficient (Wildman–Crippen LogP) is 4.95. The molecule has 1 saturated heterocycles. The van der Waals surface area contributed by atoms with Crippen LogP contribution in [0.4, 0.5) is 10.5 Å². The normalized spacial score (nSPS) is 15.3. The van der Waals surface area contributed by atoms with Gasteiger partial charge < -0.3 is 9.88 Å². The third kappa shape index (κ3) is 4.14. The lowest BCUT2D eigenvalue weighted by atomic mass is 10.1. The third-order valence-electron chi connectivity index (χ3n) is 5.41. The van der Waals surface area contributed by atoms with E-state index in [1.54, 1.807) is 12.1 Å². The molecular formula is C24H23N3O3S. The van der Waals surface area contributed by atoms with Crippen LogP contribution >= 0.6 is 11.8 Å². The van der Waals surface area contributed by atoms with Crippen molar-refractivity contribution >= 4 is 51.5 Å². The fourth-order valence-corrected chi connectivity index (χ4v) is 4.42. The minimum absolute atomic E-state index is 0.314. The Morgan fingerprint density at radius 1 is 1.10 bits per heavy atom. The van der Waals surface area contributed by atoms with E-state index in [4.69, 9.17) is 0 Å². The SMILES string of the molecule is CCn1cc(/C=C2/SC(=O)N(CC(=O)Nc3ccc(C)c(C)c3)C2=O)c2ccccc21. The van der Waals surface area contributed by atoms with Gasteiger partial charge >= 0.3 is 0 Å². The molecule has 1 aromatic heterocycles. The molecule has 3 amide bonds. The van der Waals surface area contributed by atoms with Crippen molar-refractivity contribution in [2.75, 3.05) is 11.9 Å². The number of carbonyl (C=O) groups excluding carboxylic acids is 3. The van der Waals surface area contributed by atoms with Crippen molar-refractivity contribution in [1.29, 1.82) is 0 Å². The van der Waals surface area contributed by atoms with E-state index in [-0.39, 0.29) is 6.54 Å². The second-order valence-corrected chi connectivity index (χ2v) is 8.50. The van der Waals surface area contributed by atoms with Crippen LogP contribution in [0, 0.1) is 13.8 Å². The Bertz CT molecular complexity index is 1240. The van der Waals surface area contributed by atoms with Crippen LogP contribution < -0.4 is 5.32 Å². The molecule has 7 heteroatoms. The van der Waals surface area contributed by atoms with E-state index in [1.165, 1.54) is 0 Å². The molecule has 1 aliphatic rings. The van der Waals surface area contributed by atoms with Gasteiger partial charge in [-0.15, -0.1) is 0 Å². The zero-order valence-corrected chi connectivity index (χ0v) is 18.5. The highest BCUT2D eigenvalue weighted by Gasteiger charge is 2.36. The lowest BCUT2D eigenvalue weighted by Gasteiger charge is -2.13. The molecule has 4 rings (SSSR count). The van der Waals surface area contributed by atoms with Crippen LogP contribution in [0.1, 0.15) is 23.6 Å². The smallest absolute Gasteiger partial charge is 0.294 e. The Morgan fingerprint density at radius 2 is 1.87 bits per heavy atom. The van der Waals surface area contributed by atoms with Crippen molar-refractivity contribution in [3.05, 3.63) is 70.3 Å². The zero-order valence-electron chi connectivity index (χ0n) is 17.6. The number of benzene rings is 2. The third-order valence-corrected chi connectivity index (χ3v) is 6.32. The number of imide groups is 1. The van der Waals surface area contributed by atoms with E-state index < -0.39 is 17.1 Å². The maximum atomic E-state index is 12.8. The minimum atomic E-state index is -0.446. The number of nitrogens with zero attached hydrogens (tertiary/aromatic N) is 2. The van der Waals surface area contributed by atoms with Crippen molar-refractivity contribution in [3.63, 3.8) is 0 Å². The van der Waals surface area contributed by atoms with E-state index >= 15 is 0 Å². The molecule has 0 unspecified atom stereocenters. The number of aryl methyl sites for hydroxylation is 3. The van der Waals surface area contributed by atoms with Gasteiger partial charge in [0.15, 0.2) is 0 Å². The largest absolute Gasteiger partial charge is 0.347 e. The van der Waals surface area contributed by atoms with Gasteiger partial charge in [0.2, 0.25) is 5.91 Å². The molecule has 0 spiro atoms. The molecule has 0 radical (unpaired) electrons. The molecule has 1 N–H and O–H groups in total. The van der Waals surface area contributed by atoms with Gasteiger partial charge in [0, 0.05) is 34.9 Å². The first-order chi connectivity index (χ1) is 14.9. The van der Waals surface area contributed by atoms with Crippen LogP contribution in [0.15, 0.2) is 53.6 Å². The van der Waals surface area contributed by atoms with Gasteiger partial charge in [0.1, 0.15) is 6.54 Å². The first-order valence-electron chi connectivity index (χ1n) is 10.1. The highest BCUT2D eigenvalue weighted by Crippen LogP contribution is 2.34. The quantitative estimate of drug-likeness (QED) is 0.578. The monoisotopic (exact) mass is 433 g/mol. The standard InChI is InChI=1S/C24H23N3O3S/c1-4-26-13-17(19-7-5-6-8-20(19)26)12-21-23(29)27(24(30)31-21)14-22(28)25-18-10-9-15(2)16(3)11-18/h5-13H,4,14H2,1-3H3,(H,25,28)/b21-12+. The van der Waals surface area contributed by atoms with Gasteiger partial charge in [-0.05, 0) is 67.9 Å². The number of hydrogen-bond donors (Lipinski definition) is 1. The number of carbonyl (C=O) groups is 3. The summed E-state index contributed by atoms with van der Waals surface area (Å²) in [6.45, 7) is 6.49. The summed E-state index contributed by atoms with van der Waals surface area (Å²) < 4.78 is 2.10. The van der Waals surface area contributed by atoms with Crippen LogP contribution in [0.5, 0.6) is 0 Å². The van der Waals surface area contributed by atoms with Crippen LogP contribution in [-0.2, 0) is 16.1 Å². The van der Waals surface area contributed by atoms with Crippen molar-refractivity contribution in [2.24, 2.45) is 0 Å². The van der Waals surface area contributed by atoms with Gasteiger partial charge in [0.05, 0.1) is 4.91 Å². The molecule has 0 atom stereocenters. The van der Waals surface area contributed by atoms with E-state index in [1.807, 2.05) is 56.4 Å². The predicted molar refractivity (Wildman–Crippen MR) is 125 cm³/mol. The Kier molecular flexibility index (Phi) is 5.69. The zero-order chi connectivity index (χ0) is 22.1. The van der Waals surface area contributed by atoms with Crippen LogP contribution in [0.2, 0.25) is 0 Å². The number of aromatic nitrogens is 1. The van der Waals surface area contributed by atoms with Crippen molar-refractivity contribution < 1.29 is 14.4 Å². The Morgan fingerprint density at radius 3 is 2.61 bits per heavy atom. The number of rotatable bonds is 5. The summed E-state index contributed by atoms with van der Waals surface area (Å²) in [5, 5.41) is 3.34. The fraction of sp³-hybridized carbons (Fsp3) is 0.208. The molecule has 31 heavy (non-hydrogen) atoms. The highest BCUT2D eigenvalue weighted by molar-refractivity contribution is 8.18. The summed E-state index contributed by atoms with van der Waals surface area (Å²) >= 11 is 0.864. The molecule has 6 nitrogen and oxygen atoms in total. The molecule has 0 bridgehead atoms. The van der Waals surface area contributed by atoms with Gasteiger partial charge in [-0.25, -0.2) is 0 Å². The molecule has 2 aromatic carbocycles. The molecule has 0 aliphatic carbocycles. The maximum Gasteiger partial charge on any atom is 0.294 e. The van der Waals surface area contributed by atoms with E-state index in [9.17, 15) is 14.4 Å². The van der Waals surface area contributed by atoms with Gasteiger partial charge in [-0.1, -0.05) is 24.3 Å². The second kappa shape index (κ2) is 8.43. The molecule has 3 aromatic rings. The van der Waals surface area contributed by atoms with Crippen LogP contribution in [0.25, 0.3) is 17.0 Å². The average Bonchev–Trinajstić information content (AvgIpc) is 3.23. The Balaban J connectivity index is 1.52. The van der Waals surface area contributed by atoms with Gasteiger partial charge in [-0.3, -0.25) is 19.3 Å². The average molecular weight is 434 g/mol. The van der Waals surface area contributed by atoms with E-state index in [2.05, 4.69) is 16.8 Å². The summed E-state index contributed by atoms with van der Waals surface area (Å²) in [5.41, 5.74) is 4.77. The van der Waals surface area contributed by atoms with Gasteiger partial charge in [0.25, 0.3) is 11.1 Å². The number of amides is 3. The van der Waals surface area contributed by atoms with Crippen LogP contribution in [-0.4, -0.2) is 33.1 Å². The summed E-state index contributed by atoms with van der Waals surface area (Å²) in [6.07, 6.45) is 3.71. The van der Waals surface area contributed by atoms with Gasteiger partial charge in [-0.2, -0.15) is 0 Å². The molecule has 1 fully saturated rings. The van der Waals surface area contributed by atoms with E-state index in [0.29, 0.717) is 10.6 Å². The fourth-order valence-electron chi connectivity index (χ4n) is 3.59. The number of anilines is 1. The minimum Gasteiger partial charge on any atom is -0.347 e. The summed E-state index contributed by atoms with van der Waals surface area (Å²) in [4.78, 5) is 39.1. The number of fused-ring (bicyclic) bond motifs is 1. The molecule has 158 valence electrons. The molecular weight excluding hydrogens is 410 g/mol. The first kappa shape index (κ1) is 20.9. The Hall–Kier alpha value is -3.32. The molecule has 0 saturated carbocycles. The summed E-state index contributed by atoms with van der Waals surface area (Å²) in [7, 11) is 0. The molecule has 1 aliphatic heterocycles. The highest BCUT2D eigenvalue weighted by atomic mass is 32.2.